The van der Waals surface area contributed by atoms with Crippen molar-refractivity contribution in [3.8, 4) is 22.7 Å². The molecule has 0 aliphatic rings. The molecule has 3 N–H and O–H groups in total. The maximum absolute atomic E-state index is 13.0. The third kappa shape index (κ3) is 6.64. The number of sulfonamides is 1. The Morgan fingerprint density at radius 3 is 2.42 bits per heavy atom. The van der Waals surface area contributed by atoms with Gasteiger partial charge in [-0.3, -0.25) is 4.79 Å². The molecule has 38 heavy (non-hydrogen) atoms. The van der Waals surface area contributed by atoms with Gasteiger partial charge in [0.1, 0.15) is 17.0 Å². The summed E-state index contributed by atoms with van der Waals surface area (Å²) in [6, 6.07) is 22.5. The highest BCUT2D eigenvalue weighted by molar-refractivity contribution is 7.89. The number of nitrogens with zero attached hydrogens (tertiary/aromatic N) is 2. The zero-order valence-electron chi connectivity index (χ0n) is 20.5. The summed E-state index contributed by atoms with van der Waals surface area (Å²) in [5.41, 5.74) is 2.81. The number of carbonyl (C=O) groups excluding carboxylic acids is 2. The topological polar surface area (TPSA) is 143 Å². The Balaban J connectivity index is 1.41. The molecule has 0 aliphatic heterocycles. The van der Waals surface area contributed by atoms with E-state index >= 15 is 0 Å². The number of para-hydroxylation sites is 1. The fourth-order valence-corrected chi connectivity index (χ4v) is 4.19. The Labute approximate surface area is 220 Å². The third-order valence-electron chi connectivity index (χ3n) is 5.62. The lowest BCUT2D eigenvalue weighted by molar-refractivity contribution is -0.124. The quantitative estimate of drug-likeness (QED) is 0.298. The lowest BCUT2D eigenvalue weighted by Gasteiger charge is -2.08. The molecule has 1 amide bonds. The van der Waals surface area contributed by atoms with Crippen molar-refractivity contribution < 1.29 is 27.5 Å². The van der Waals surface area contributed by atoms with Crippen LogP contribution in [0.15, 0.2) is 90.0 Å². The van der Waals surface area contributed by atoms with E-state index in [-0.39, 0.29) is 17.0 Å². The summed E-state index contributed by atoms with van der Waals surface area (Å²) >= 11 is 0. The number of amides is 1. The molecule has 0 spiro atoms. The molecule has 10 nitrogen and oxygen atoms in total. The molecular weight excluding hydrogens is 508 g/mol. The number of methoxy groups -OCH3 is 1. The minimum absolute atomic E-state index is 0.0149. The summed E-state index contributed by atoms with van der Waals surface area (Å²) in [5, 5.41) is 12.4. The highest BCUT2D eigenvalue weighted by atomic mass is 32.2. The van der Waals surface area contributed by atoms with Gasteiger partial charge in [0.2, 0.25) is 10.0 Å². The Morgan fingerprint density at radius 1 is 1.00 bits per heavy atom. The van der Waals surface area contributed by atoms with E-state index in [0.717, 1.165) is 11.3 Å². The van der Waals surface area contributed by atoms with Crippen molar-refractivity contribution in [3.63, 3.8) is 0 Å². The van der Waals surface area contributed by atoms with Crippen molar-refractivity contribution in [2.45, 2.75) is 11.3 Å². The van der Waals surface area contributed by atoms with Crippen LogP contribution in [0.5, 0.6) is 5.75 Å². The molecule has 0 saturated carbocycles. The molecule has 0 radical (unpaired) electrons. The molecule has 0 aliphatic carbocycles. The predicted molar refractivity (Wildman–Crippen MR) is 140 cm³/mol. The van der Waals surface area contributed by atoms with Crippen molar-refractivity contribution in [1.82, 2.24) is 15.1 Å². The lowest BCUT2D eigenvalue weighted by Crippen LogP contribution is -2.30. The molecular formula is C27H26N4O6S. The van der Waals surface area contributed by atoms with E-state index in [1.165, 1.54) is 12.1 Å². The van der Waals surface area contributed by atoms with Crippen LogP contribution in [0.1, 0.15) is 15.9 Å². The van der Waals surface area contributed by atoms with Crippen molar-refractivity contribution in [3.05, 3.63) is 96.2 Å². The Morgan fingerprint density at radius 2 is 1.74 bits per heavy atom. The van der Waals surface area contributed by atoms with Gasteiger partial charge in [-0.15, -0.1) is 0 Å². The first kappa shape index (κ1) is 26.6. The molecule has 1 aromatic heterocycles. The molecule has 196 valence electrons. The first-order valence-electron chi connectivity index (χ1n) is 11.6. The van der Waals surface area contributed by atoms with Gasteiger partial charge in [-0.25, -0.2) is 23.0 Å². The summed E-state index contributed by atoms with van der Waals surface area (Å²) in [6.45, 7) is -0.205. The minimum Gasteiger partial charge on any atom is -0.497 e. The molecule has 0 atom stereocenters. The van der Waals surface area contributed by atoms with Crippen LogP contribution in [0.25, 0.3) is 16.9 Å². The number of rotatable bonds is 10. The number of nitrogens with two attached hydrogens (primary N) is 1. The SMILES string of the molecule is COc1cccc(-c2nn(-c3ccccc3)cc2C(=O)OCC(=O)NCCc2ccc(S(N)(=O)=O)cc2)c1. The highest BCUT2D eigenvalue weighted by Gasteiger charge is 2.21. The van der Waals surface area contributed by atoms with Crippen LogP contribution in [0, 0.1) is 0 Å². The van der Waals surface area contributed by atoms with E-state index in [9.17, 15) is 18.0 Å². The lowest BCUT2D eigenvalue weighted by atomic mass is 10.1. The number of esters is 1. The van der Waals surface area contributed by atoms with Gasteiger partial charge >= 0.3 is 5.97 Å². The number of hydrogen-bond acceptors (Lipinski definition) is 7. The summed E-state index contributed by atoms with van der Waals surface area (Å²) in [4.78, 5) is 25.3. The Kier molecular flexibility index (Phi) is 8.19. The molecule has 0 saturated heterocycles. The average Bonchev–Trinajstić information content (AvgIpc) is 3.38. The van der Waals surface area contributed by atoms with Crippen LogP contribution < -0.4 is 15.2 Å². The monoisotopic (exact) mass is 534 g/mol. The maximum atomic E-state index is 13.0. The average molecular weight is 535 g/mol. The van der Waals surface area contributed by atoms with E-state index in [2.05, 4.69) is 10.4 Å². The predicted octanol–water partition coefficient (Wildman–Crippen LogP) is 2.71. The van der Waals surface area contributed by atoms with Gasteiger partial charge < -0.3 is 14.8 Å². The van der Waals surface area contributed by atoms with Crippen molar-refractivity contribution in [1.29, 1.82) is 0 Å². The van der Waals surface area contributed by atoms with Crippen LogP contribution in [-0.4, -0.2) is 50.3 Å². The normalized spacial score (nSPS) is 11.1. The molecule has 3 aromatic carbocycles. The summed E-state index contributed by atoms with van der Waals surface area (Å²) in [7, 11) is -2.21. The van der Waals surface area contributed by atoms with Gasteiger partial charge in [0, 0.05) is 18.3 Å². The van der Waals surface area contributed by atoms with Gasteiger partial charge in [0.15, 0.2) is 6.61 Å². The summed E-state index contributed by atoms with van der Waals surface area (Å²) < 4.78 is 34.9. The van der Waals surface area contributed by atoms with E-state index < -0.39 is 28.5 Å². The Hall–Kier alpha value is -4.48. The largest absolute Gasteiger partial charge is 0.497 e. The number of hydrogen-bond donors (Lipinski definition) is 2. The number of carbonyl (C=O) groups is 2. The van der Waals surface area contributed by atoms with Crippen molar-refractivity contribution in [2.24, 2.45) is 5.14 Å². The molecule has 4 rings (SSSR count). The Bertz CT molecular complexity index is 1530. The van der Waals surface area contributed by atoms with E-state index in [4.69, 9.17) is 14.6 Å². The second kappa shape index (κ2) is 11.7. The molecule has 1 heterocycles. The maximum Gasteiger partial charge on any atom is 0.342 e. The smallest absolute Gasteiger partial charge is 0.342 e. The van der Waals surface area contributed by atoms with Crippen molar-refractivity contribution in [2.75, 3.05) is 20.3 Å². The van der Waals surface area contributed by atoms with Crippen LogP contribution in [0.4, 0.5) is 0 Å². The zero-order chi connectivity index (χ0) is 27.1. The third-order valence-corrected chi connectivity index (χ3v) is 6.55. The van der Waals surface area contributed by atoms with Gasteiger partial charge in [-0.2, -0.15) is 5.10 Å². The van der Waals surface area contributed by atoms with Gasteiger partial charge in [-0.05, 0) is 48.4 Å². The van der Waals surface area contributed by atoms with E-state index in [1.54, 1.807) is 54.4 Å². The minimum atomic E-state index is -3.76. The molecule has 4 aromatic rings. The van der Waals surface area contributed by atoms with Crippen LogP contribution in [0.2, 0.25) is 0 Å². The number of benzene rings is 3. The number of aromatic nitrogens is 2. The second-order valence-electron chi connectivity index (χ2n) is 8.27. The zero-order valence-corrected chi connectivity index (χ0v) is 21.4. The standard InChI is InChI=1S/C27H26N4O6S/c1-36-22-9-5-6-20(16-22)26-24(17-31(30-26)21-7-3-2-4-8-21)27(33)37-18-25(32)29-15-14-19-10-12-23(13-11-19)38(28,34)35/h2-13,16-17H,14-15,18H2,1H3,(H,29,32)(H2,28,34,35). The molecule has 0 fully saturated rings. The van der Waals surface area contributed by atoms with E-state index in [1.807, 2.05) is 30.3 Å². The summed E-state index contributed by atoms with van der Waals surface area (Å²) in [5.74, 6) is -0.564. The number of primary sulfonamides is 1. The molecule has 0 bridgehead atoms. The van der Waals surface area contributed by atoms with Crippen molar-refractivity contribution >= 4 is 21.9 Å². The van der Waals surface area contributed by atoms with Gasteiger partial charge in [-0.1, -0.05) is 42.5 Å². The van der Waals surface area contributed by atoms with E-state index in [0.29, 0.717) is 23.4 Å². The fraction of sp³-hybridized carbons (Fsp3) is 0.148. The first-order valence-corrected chi connectivity index (χ1v) is 13.1. The van der Waals surface area contributed by atoms with Crippen LogP contribution in [0.3, 0.4) is 0 Å². The van der Waals surface area contributed by atoms with Crippen LogP contribution in [-0.2, 0) is 26.0 Å². The van der Waals surface area contributed by atoms with Gasteiger partial charge in [0.25, 0.3) is 5.91 Å². The summed E-state index contributed by atoms with van der Waals surface area (Å²) in [6.07, 6.45) is 2.02. The van der Waals surface area contributed by atoms with Crippen LogP contribution >= 0.6 is 0 Å². The fourth-order valence-electron chi connectivity index (χ4n) is 3.67. The number of nitrogens with one attached hydrogen (secondary N) is 1. The second-order valence-corrected chi connectivity index (χ2v) is 9.83. The first-order chi connectivity index (χ1) is 18.2. The number of ether oxygens (including phenoxy) is 2. The molecule has 0 unspecified atom stereocenters. The molecule has 11 heteroatoms. The highest BCUT2D eigenvalue weighted by Crippen LogP contribution is 2.27. The van der Waals surface area contributed by atoms with Gasteiger partial charge in [0.05, 0.1) is 17.7 Å².